The molecule has 0 N–H and O–H groups in total. The molecule has 1 aliphatic heterocycles. The third kappa shape index (κ3) is 3.29. The van der Waals surface area contributed by atoms with Crippen LogP contribution in [0.5, 0.6) is 0 Å². The molecule has 4 amide bonds. The highest BCUT2D eigenvalue weighted by Gasteiger charge is 2.36. The fourth-order valence-electron chi connectivity index (χ4n) is 2.61. The number of fused-ring (bicyclic) bond motifs is 1. The van der Waals surface area contributed by atoms with Gasteiger partial charge in [-0.1, -0.05) is 12.1 Å². The Hall–Kier alpha value is -2.70. The Morgan fingerprint density at radius 3 is 1.92 bits per heavy atom. The number of hydrogen-bond donors (Lipinski definition) is 0. The Kier molecular flexibility index (Phi) is 5.33. The van der Waals surface area contributed by atoms with Gasteiger partial charge in [-0.2, -0.15) is 0 Å². The molecule has 7 heteroatoms. The average Bonchev–Trinajstić information content (AvgIpc) is 2.81. The Balaban J connectivity index is 2.02. The van der Waals surface area contributed by atoms with Crippen molar-refractivity contribution < 1.29 is 19.2 Å². The minimum Gasteiger partial charge on any atom is -0.342 e. The maximum absolute atomic E-state index is 12.3. The highest BCUT2D eigenvalue weighted by molar-refractivity contribution is 6.22. The zero-order valence-corrected chi connectivity index (χ0v) is 14.1. The molecule has 2 rings (SSSR count). The smallest absolute Gasteiger partial charge is 0.262 e. The van der Waals surface area contributed by atoms with Crippen LogP contribution < -0.4 is 0 Å². The van der Waals surface area contributed by atoms with E-state index >= 15 is 0 Å². The van der Waals surface area contributed by atoms with Crippen LogP contribution in [0.25, 0.3) is 0 Å². The Bertz CT molecular complexity index is 647. The van der Waals surface area contributed by atoms with Crippen LogP contribution >= 0.6 is 0 Å². The van der Waals surface area contributed by atoms with Gasteiger partial charge in [0.05, 0.1) is 17.7 Å². The summed E-state index contributed by atoms with van der Waals surface area (Å²) in [5.74, 6) is -1.58. The number of rotatable bonds is 6. The molecule has 1 aromatic carbocycles. The van der Waals surface area contributed by atoms with Crippen molar-refractivity contribution in [2.75, 3.05) is 33.2 Å². The van der Waals surface area contributed by atoms with Crippen molar-refractivity contribution in [1.82, 2.24) is 14.7 Å². The van der Waals surface area contributed by atoms with Gasteiger partial charge < -0.3 is 9.80 Å². The summed E-state index contributed by atoms with van der Waals surface area (Å²) in [6.07, 6.45) is 0. The molecule has 0 saturated heterocycles. The van der Waals surface area contributed by atoms with E-state index in [9.17, 15) is 19.2 Å². The summed E-state index contributed by atoms with van der Waals surface area (Å²) in [5, 5.41) is 0. The molecule has 7 nitrogen and oxygen atoms in total. The molecule has 0 atom stereocenters. The van der Waals surface area contributed by atoms with Gasteiger partial charge in [0, 0.05) is 20.1 Å². The average molecular weight is 331 g/mol. The lowest BCUT2D eigenvalue weighted by molar-refractivity contribution is -0.139. The summed E-state index contributed by atoms with van der Waals surface area (Å²) in [6.45, 7) is 4.41. The molecule has 1 aromatic rings. The minimum absolute atomic E-state index is 0.0797. The summed E-state index contributed by atoms with van der Waals surface area (Å²) < 4.78 is 0. The first-order valence-electron chi connectivity index (χ1n) is 7.87. The van der Waals surface area contributed by atoms with E-state index in [1.165, 1.54) is 11.9 Å². The number of nitrogens with zero attached hydrogens (tertiary/aromatic N) is 3. The topological polar surface area (TPSA) is 78.0 Å². The Morgan fingerprint density at radius 1 is 0.958 bits per heavy atom. The summed E-state index contributed by atoms with van der Waals surface area (Å²) >= 11 is 0. The van der Waals surface area contributed by atoms with Crippen LogP contribution in [0, 0.1) is 0 Å². The van der Waals surface area contributed by atoms with E-state index in [1.54, 1.807) is 29.2 Å². The van der Waals surface area contributed by atoms with Gasteiger partial charge in [-0.25, -0.2) is 0 Å². The molecule has 0 radical (unpaired) electrons. The second kappa shape index (κ2) is 7.25. The normalized spacial score (nSPS) is 13.0. The Labute approximate surface area is 140 Å². The fourth-order valence-corrected chi connectivity index (χ4v) is 2.61. The first kappa shape index (κ1) is 17.7. The van der Waals surface area contributed by atoms with E-state index in [2.05, 4.69) is 0 Å². The lowest BCUT2D eigenvalue weighted by Gasteiger charge is -2.24. The van der Waals surface area contributed by atoms with Gasteiger partial charge in [0.2, 0.25) is 11.8 Å². The number of imide groups is 1. The molecule has 24 heavy (non-hydrogen) atoms. The molecule has 0 unspecified atom stereocenters. The van der Waals surface area contributed by atoms with Crippen molar-refractivity contribution in [3.63, 3.8) is 0 Å². The van der Waals surface area contributed by atoms with Gasteiger partial charge >= 0.3 is 0 Å². The second-order valence-electron chi connectivity index (χ2n) is 5.56. The van der Waals surface area contributed by atoms with Crippen molar-refractivity contribution in [2.45, 2.75) is 13.8 Å². The largest absolute Gasteiger partial charge is 0.342 e. The molecular formula is C17H21N3O4. The van der Waals surface area contributed by atoms with Crippen LogP contribution in [0.1, 0.15) is 34.6 Å². The number of carbonyl (C=O) groups is 4. The monoisotopic (exact) mass is 331 g/mol. The molecule has 1 heterocycles. The lowest BCUT2D eigenvalue weighted by atomic mass is 10.1. The fraction of sp³-hybridized carbons (Fsp3) is 0.412. The predicted molar refractivity (Wildman–Crippen MR) is 87.4 cm³/mol. The first-order valence-corrected chi connectivity index (χ1v) is 7.87. The summed E-state index contributed by atoms with van der Waals surface area (Å²) in [4.78, 5) is 52.6. The van der Waals surface area contributed by atoms with Crippen LogP contribution in [0.2, 0.25) is 0 Å². The molecule has 1 aliphatic rings. The van der Waals surface area contributed by atoms with E-state index in [4.69, 9.17) is 0 Å². The molecule has 0 fully saturated rings. The zero-order chi connectivity index (χ0) is 17.9. The number of hydrogen-bond acceptors (Lipinski definition) is 4. The molecule has 0 aliphatic carbocycles. The summed E-state index contributed by atoms with van der Waals surface area (Å²) in [7, 11) is 1.49. The predicted octanol–water partition coefficient (Wildman–Crippen LogP) is 0.609. The molecule has 0 saturated carbocycles. The molecular weight excluding hydrogens is 310 g/mol. The van der Waals surface area contributed by atoms with Gasteiger partial charge in [-0.15, -0.1) is 0 Å². The lowest BCUT2D eigenvalue weighted by Crippen LogP contribution is -2.45. The molecule has 0 bridgehead atoms. The van der Waals surface area contributed by atoms with Crippen LogP contribution in [-0.2, 0) is 9.59 Å². The molecule has 0 spiro atoms. The quantitative estimate of drug-likeness (QED) is 0.716. The number of carbonyl (C=O) groups excluding carboxylic acids is 4. The van der Waals surface area contributed by atoms with E-state index in [0.717, 1.165) is 4.90 Å². The van der Waals surface area contributed by atoms with Crippen molar-refractivity contribution in [3.05, 3.63) is 35.4 Å². The van der Waals surface area contributed by atoms with Crippen molar-refractivity contribution in [1.29, 1.82) is 0 Å². The van der Waals surface area contributed by atoms with Gasteiger partial charge in [0.1, 0.15) is 6.54 Å². The van der Waals surface area contributed by atoms with Crippen molar-refractivity contribution >= 4 is 23.6 Å². The van der Waals surface area contributed by atoms with Crippen LogP contribution in [0.4, 0.5) is 0 Å². The van der Waals surface area contributed by atoms with Crippen LogP contribution in [0.15, 0.2) is 24.3 Å². The third-order valence-electron chi connectivity index (χ3n) is 4.09. The number of likely N-dealkylation sites (N-methyl/N-ethyl adjacent to an activating group) is 2. The Morgan fingerprint density at radius 2 is 1.46 bits per heavy atom. The van der Waals surface area contributed by atoms with Gasteiger partial charge in [-0.3, -0.25) is 24.1 Å². The van der Waals surface area contributed by atoms with Crippen LogP contribution in [0.3, 0.4) is 0 Å². The minimum atomic E-state index is -0.479. The van der Waals surface area contributed by atoms with Crippen molar-refractivity contribution in [3.8, 4) is 0 Å². The molecule has 0 aromatic heterocycles. The van der Waals surface area contributed by atoms with Crippen molar-refractivity contribution in [2.24, 2.45) is 0 Å². The van der Waals surface area contributed by atoms with E-state index in [-0.39, 0.29) is 19.0 Å². The highest BCUT2D eigenvalue weighted by Crippen LogP contribution is 2.22. The van der Waals surface area contributed by atoms with E-state index in [0.29, 0.717) is 24.2 Å². The zero-order valence-electron chi connectivity index (χ0n) is 14.1. The molecule has 128 valence electrons. The van der Waals surface area contributed by atoms with Crippen LogP contribution in [-0.4, -0.2) is 71.6 Å². The van der Waals surface area contributed by atoms with E-state index < -0.39 is 17.7 Å². The summed E-state index contributed by atoms with van der Waals surface area (Å²) in [5.41, 5.74) is 0.606. The first-order chi connectivity index (χ1) is 11.4. The van der Waals surface area contributed by atoms with E-state index in [1.807, 2.05) is 13.8 Å². The summed E-state index contributed by atoms with van der Waals surface area (Å²) in [6, 6.07) is 6.47. The maximum Gasteiger partial charge on any atom is 0.262 e. The SMILES string of the molecule is CCN(CC)C(=O)CN(C)C(=O)CN1C(=O)c2ccccc2C1=O. The van der Waals surface area contributed by atoms with Gasteiger partial charge in [-0.05, 0) is 26.0 Å². The van der Waals surface area contributed by atoms with Gasteiger partial charge in [0.15, 0.2) is 0 Å². The standard InChI is InChI=1S/C17H21N3O4/c1-4-19(5-2)15(22)10-18(3)14(21)11-20-16(23)12-8-6-7-9-13(12)17(20)24/h6-9H,4-5,10-11H2,1-3H3. The number of benzene rings is 1. The third-order valence-corrected chi connectivity index (χ3v) is 4.09. The number of amides is 4. The second-order valence-corrected chi connectivity index (χ2v) is 5.56. The van der Waals surface area contributed by atoms with Gasteiger partial charge in [0.25, 0.3) is 11.8 Å². The maximum atomic E-state index is 12.3. The highest BCUT2D eigenvalue weighted by atomic mass is 16.2.